The zero-order valence-electron chi connectivity index (χ0n) is 18.9. The molecular weight excluding hydrogens is 400 g/mol. The first-order chi connectivity index (χ1) is 15.7. The highest BCUT2D eigenvalue weighted by atomic mass is 16.2. The highest BCUT2D eigenvalue weighted by molar-refractivity contribution is 5.78. The summed E-state index contributed by atoms with van der Waals surface area (Å²) in [5, 5.41) is 0. The molecule has 1 unspecified atom stereocenters. The third-order valence-corrected chi connectivity index (χ3v) is 6.67. The number of amides is 2. The van der Waals surface area contributed by atoms with E-state index in [0.29, 0.717) is 18.8 Å². The molecule has 0 bridgehead atoms. The fraction of sp³-hybridized carbons (Fsp3) is 0.500. The summed E-state index contributed by atoms with van der Waals surface area (Å²) in [6.07, 6.45) is 5.67. The standard InChI is InChI=1S/C26H34N4O2/c31-25(29-17-15-28(16-18-29)20-22-7-2-1-3-8-22)12-11-23-9-6-14-30(21-23)26(32)19-24-10-4-5-13-27-24/h1-5,7-8,10,13,23H,6,9,11-12,14-21H2. The molecule has 2 aliphatic rings. The topological polar surface area (TPSA) is 56.8 Å². The van der Waals surface area contributed by atoms with Crippen molar-refractivity contribution in [3.63, 3.8) is 0 Å². The van der Waals surface area contributed by atoms with E-state index in [1.165, 1.54) is 5.56 Å². The van der Waals surface area contributed by atoms with Crippen LogP contribution in [0.4, 0.5) is 0 Å². The first-order valence-corrected chi connectivity index (χ1v) is 11.9. The number of piperidine rings is 1. The normalized spacial score (nSPS) is 19.7. The van der Waals surface area contributed by atoms with Gasteiger partial charge in [0.25, 0.3) is 0 Å². The Hall–Kier alpha value is -2.73. The van der Waals surface area contributed by atoms with E-state index in [9.17, 15) is 9.59 Å². The summed E-state index contributed by atoms with van der Waals surface area (Å²) >= 11 is 0. The number of rotatable bonds is 7. The van der Waals surface area contributed by atoms with Gasteiger partial charge in [0, 0.05) is 64.1 Å². The van der Waals surface area contributed by atoms with Crippen molar-refractivity contribution in [3.05, 3.63) is 66.0 Å². The van der Waals surface area contributed by atoms with Gasteiger partial charge in [0.15, 0.2) is 0 Å². The molecule has 2 aromatic rings. The monoisotopic (exact) mass is 434 g/mol. The van der Waals surface area contributed by atoms with Crippen molar-refractivity contribution in [3.8, 4) is 0 Å². The summed E-state index contributed by atoms with van der Waals surface area (Å²) in [5.74, 6) is 0.829. The van der Waals surface area contributed by atoms with Gasteiger partial charge >= 0.3 is 0 Å². The van der Waals surface area contributed by atoms with Crippen LogP contribution >= 0.6 is 0 Å². The minimum atomic E-state index is 0.147. The SMILES string of the molecule is O=C(CCC1CCCN(C(=O)Cc2ccccn2)C1)N1CCN(Cc2ccccc2)CC1. The molecule has 6 nitrogen and oxygen atoms in total. The van der Waals surface area contributed by atoms with E-state index in [1.807, 2.05) is 34.1 Å². The number of carbonyl (C=O) groups excluding carboxylic acids is 2. The van der Waals surface area contributed by atoms with Crippen molar-refractivity contribution in [1.29, 1.82) is 0 Å². The maximum absolute atomic E-state index is 12.8. The Morgan fingerprint density at radius 3 is 2.41 bits per heavy atom. The molecule has 32 heavy (non-hydrogen) atoms. The average molecular weight is 435 g/mol. The Morgan fingerprint density at radius 2 is 1.66 bits per heavy atom. The summed E-state index contributed by atoms with van der Waals surface area (Å²) in [4.78, 5) is 36.1. The number of carbonyl (C=O) groups is 2. The molecule has 2 aliphatic heterocycles. The molecule has 3 heterocycles. The van der Waals surface area contributed by atoms with Crippen LogP contribution in [0.3, 0.4) is 0 Å². The molecule has 170 valence electrons. The quantitative estimate of drug-likeness (QED) is 0.672. The summed E-state index contributed by atoms with van der Waals surface area (Å²) in [6.45, 7) is 6.02. The van der Waals surface area contributed by atoms with Crippen molar-refractivity contribution >= 4 is 11.8 Å². The molecule has 1 atom stereocenters. The van der Waals surface area contributed by atoms with E-state index in [0.717, 1.165) is 70.8 Å². The first-order valence-electron chi connectivity index (χ1n) is 11.9. The highest BCUT2D eigenvalue weighted by Crippen LogP contribution is 2.22. The van der Waals surface area contributed by atoms with Gasteiger partial charge in [-0.1, -0.05) is 36.4 Å². The van der Waals surface area contributed by atoms with Gasteiger partial charge in [-0.3, -0.25) is 19.5 Å². The molecule has 0 spiro atoms. The van der Waals surface area contributed by atoms with Crippen molar-refractivity contribution in [2.24, 2.45) is 5.92 Å². The molecule has 0 aliphatic carbocycles. The fourth-order valence-electron chi connectivity index (χ4n) is 4.78. The molecule has 0 radical (unpaired) electrons. The molecule has 2 saturated heterocycles. The van der Waals surface area contributed by atoms with E-state index in [4.69, 9.17) is 0 Å². The van der Waals surface area contributed by atoms with Gasteiger partial charge in [-0.15, -0.1) is 0 Å². The Bertz CT molecular complexity index is 866. The number of hydrogen-bond acceptors (Lipinski definition) is 4. The fourth-order valence-corrected chi connectivity index (χ4v) is 4.78. The second-order valence-corrected chi connectivity index (χ2v) is 9.03. The van der Waals surface area contributed by atoms with Crippen LogP contribution in [-0.2, 0) is 22.6 Å². The van der Waals surface area contributed by atoms with E-state index in [-0.39, 0.29) is 11.8 Å². The van der Waals surface area contributed by atoms with Gasteiger partial charge in [0.2, 0.25) is 11.8 Å². The summed E-state index contributed by atoms with van der Waals surface area (Å²) < 4.78 is 0. The van der Waals surface area contributed by atoms with Gasteiger partial charge in [-0.25, -0.2) is 0 Å². The smallest absolute Gasteiger partial charge is 0.228 e. The van der Waals surface area contributed by atoms with Crippen molar-refractivity contribution < 1.29 is 9.59 Å². The maximum Gasteiger partial charge on any atom is 0.228 e. The van der Waals surface area contributed by atoms with Crippen LogP contribution < -0.4 is 0 Å². The molecule has 0 N–H and O–H groups in total. The number of nitrogens with zero attached hydrogens (tertiary/aromatic N) is 4. The summed E-state index contributed by atoms with van der Waals surface area (Å²) in [6, 6.07) is 16.2. The first kappa shape index (κ1) is 22.5. The Labute approximate surface area is 191 Å². The van der Waals surface area contributed by atoms with Crippen LogP contribution in [0.2, 0.25) is 0 Å². The lowest BCUT2D eigenvalue weighted by atomic mass is 9.92. The second-order valence-electron chi connectivity index (χ2n) is 9.03. The molecular formula is C26H34N4O2. The van der Waals surface area contributed by atoms with Crippen LogP contribution in [0, 0.1) is 5.92 Å². The molecule has 1 aromatic heterocycles. The van der Waals surface area contributed by atoms with Crippen LogP contribution in [0.15, 0.2) is 54.7 Å². The Balaban J connectivity index is 1.17. The van der Waals surface area contributed by atoms with Crippen molar-refractivity contribution in [2.75, 3.05) is 39.3 Å². The van der Waals surface area contributed by atoms with E-state index in [2.05, 4.69) is 34.1 Å². The Kier molecular flexibility index (Phi) is 7.88. The highest BCUT2D eigenvalue weighted by Gasteiger charge is 2.26. The Morgan fingerprint density at radius 1 is 0.875 bits per heavy atom. The van der Waals surface area contributed by atoms with E-state index in [1.54, 1.807) is 6.20 Å². The number of likely N-dealkylation sites (tertiary alicyclic amines) is 1. The number of aromatic nitrogens is 1. The van der Waals surface area contributed by atoms with Crippen molar-refractivity contribution in [1.82, 2.24) is 19.7 Å². The van der Waals surface area contributed by atoms with E-state index < -0.39 is 0 Å². The minimum absolute atomic E-state index is 0.147. The van der Waals surface area contributed by atoms with Gasteiger partial charge in [0.05, 0.1) is 6.42 Å². The van der Waals surface area contributed by atoms with Crippen LogP contribution in [0.5, 0.6) is 0 Å². The molecule has 2 amide bonds. The van der Waals surface area contributed by atoms with Crippen LogP contribution in [0.25, 0.3) is 0 Å². The third-order valence-electron chi connectivity index (χ3n) is 6.67. The molecule has 2 fully saturated rings. The maximum atomic E-state index is 12.8. The molecule has 6 heteroatoms. The van der Waals surface area contributed by atoms with Gasteiger partial charge in [0.1, 0.15) is 0 Å². The minimum Gasteiger partial charge on any atom is -0.342 e. The lowest BCUT2D eigenvalue weighted by Crippen LogP contribution is -2.48. The van der Waals surface area contributed by atoms with Crippen molar-refractivity contribution in [2.45, 2.75) is 38.6 Å². The van der Waals surface area contributed by atoms with Crippen LogP contribution in [-0.4, -0.2) is 70.8 Å². The van der Waals surface area contributed by atoms with Gasteiger partial charge < -0.3 is 9.80 Å². The second kappa shape index (κ2) is 11.2. The number of hydrogen-bond donors (Lipinski definition) is 0. The predicted molar refractivity (Wildman–Crippen MR) is 125 cm³/mol. The van der Waals surface area contributed by atoms with Crippen LogP contribution in [0.1, 0.15) is 36.9 Å². The molecule has 4 rings (SSSR count). The predicted octanol–water partition coefficient (Wildman–Crippen LogP) is 2.99. The zero-order valence-corrected chi connectivity index (χ0v) is 18.9. The van der Waals surface area contributed by atoms with E-state index >= 15 is 0 Å². The molecule has 1 aromatic carbocycles. The number of pyridine rings is 1. The third kappa shape index (κ3) is 6.39. The zero-order chi connectivity index (χ0) is 22.2. The number of benzene rings is 1. The largest absolute Gasteiger partial charge is 0.342 e. The summed E-state index contributed by atoms with van der Waals surface area (Å²) in [5.41, 5.74) is 2.15. The lowest BCUT2D eigenvalue weighted by Gasteiger charge is -2.36. The lowest BCUT2D eigenvalue weighted by molar-refractivity contribution is -0.133. The van der Waals surface area contributed by atoms with Gasteiger partial charge in [-0.05, 0) is 42.9 Å². The van der Waals surface area contributed by atoms with Gasteiger partial charge in [-0.2, -0.15) is 0 Å². The number of piperazine rings is 1. The summed E-state index contributed by atoms with van der Waals surface area (Å²) in [7, 11) is 0. The average Bonchev–Trinajstić information content (AvgIpc) is 2.84. The molecule has 0 saturated carbocycles.